The van der Waals surface area contributed by atoms with Gasteiger partial charge in [0, 0.05) is 22.8 Å². The maximum absolute atomic E-state index is 12.0. The first-order chi connectivity index (χ1) is 8.69. The van der Waals surface area contributed by atoms with Crippen molar-refractivity contribution in [1.82, 2.24) is 14.6 Å². The van der Waals surface area contributed by atoms with Crippen LogP contribution in [0.3, 0.4) is 0 Å². The van der Waals surface area contributed by atoms with Crippen LogP contribution < -0.4 is 5.32 Å². The molecule has 0 aliphatic heterocycles. The fraction of sp³-hybridized carbons (Fsp3) is 0.273. The molecule has 0 radical (unpaired) electrons. The quantitative estimate of drug-likeness (QED) is 0.876. The molecule has 0 saturated carbocycles. The van der Waals surface area contributed by atoms with E-state index in [9.17, 15) is 4.79 Å². The van der Waals surface area contributed by atoms with Crippen LogP contribution >= 0.6 is 23.1 Å². The van der Waals surface area contributed by atoms with Gasteiger partial charge in [0.05, 0.1) is 6.20 Å². The maximum atomic E-state index is 12.0. The first kappa shape index (κ1) is 12.9. The molecule has 0 aromatic carbocycles. The summed E-state index contributed by atoms with van der Waals surface area (Å²) in [5.74, 6) is -0.234. The second-order valence-corrected chi connectivity index (χ2v) is 4.83. The first-order valence-corrected chi connectivity index (χ1v) is 6.59. The summed E-state index contributed by atoms with van der Waals surface area (Å²) in [6.07, 6.45) is 3.24. The SMILES string of the molecule is CCCc1cc(C(=O)Nc2cnns2)cc(Cl)n1. The number of aryl methyl sites for hydroxylation is 1. The van der Waals surface area contributed by atoms with Crippen LogP contribution in [-0.2, 0) is 6.42 Å². The molecule has 2 aromatic heterocycles. The van der Waals surface area contributed by atoms with Crippen molar-refractivity contribution >= 4 is 34.0 Å². The number of aromatic nitrogens is 3. The highest BCUT2D eigenvalue weighted by molar-refractivity contribution is 7.10. The van der Waals surface area contributed by atoms with Gasteiger partial charge >= 0.3 is 0 Å². The van der Waals surface area contributed by atoms with Crippen molar-refractivity contribution in [1.29, 1.82) is 0 Å². The maximum Gasteiger partial charge on any atom is 0.256 e. The number of pyridine rings is 1. The van der Waals surface area contributed by atoms with Gasteiger partial charge in [-0.25, -0.2) is 4.98 Å². The average molecular weight is 283 g/mol. The Kier molecular flexibility index (Phi) is 4.22. The number of rotatable bonds is 4. The summed E-state index contributed by atoms with van der Waals surface area (Å²) in [5, 5.41) is 7.28. The molecule has 94 valence electrons. The zero-order valence-electron chi connectivity index (χ0n) is 9.68. The van der Waals surface area contributed by atoms with Gasteiger partial charge in [0.2, 0.25) is 0 Å². The summed E-state index contributed by atoms with van der Waals surface area (Å²) in [6, 6.07) is 3.30. The predicted molar refractivity (Wildman–Crippen MR) is 71.1 cm³/mol. The van der Waals surface area contributed by atoms with E-state index in [0.717, 1.165) is 30.1 Å². The van der Waals surface area contributed by atoms with E-state index >= 15 is 0 Å². The van der Waals surface area contributed by atoms with Crippen molar-refractivity contribution in [3.8, 4) is 0 Å². The standard InChI is InChI=1S/C11H11ClN4OS/c1-2-3-8-4-7(5-9(12)14-8)11(17)15-10-6-13-16-18-10/h4-6H,2-3H2,1H3,(H,15,17). The lowest BCUT2D eigenvalue weighted by atomic mass is 10.1. The van der Waals surface area contributed by atoms with Gasteiger partial charge in [-0.1, -0.05) is 29.4 Å². The number of halogens is 1. The van der Waals surface area contributed by atoms with E-state index in [-0.39, 0.29) is 5.91 Å². The molecule has 5 nitrogen and oxygen atoms in total. The van der Waals surface area contributed by atoms with Crippen LogP contribution in [0.4, 0.5) is 5.00 Å². The zero-order chi connectivity index (χ0) is 13.0. The number of hydrogen-bond acceptors (Lipinski definition) is 5. The largest absolute Gasteiger partial charge is 0.311 e. The van der Waals surface area contributed by atoms with Crippen LogP contribution in [0.1, 0.15) is 29.4 Å². The van der Waals surface area contributed by atoms with Gasteiger partial charge < -0.3 is 5.32 Å². The van der Waals surface area contributed by atoms with Gasteiger partial charge in [0.25, 0.3) is 5.91 Å². The van der Waals surface area contributed by atoms with Gasteiger partial charge in [-0.3, -0.25) is 4.79 Å². The van der Waals surface area contributed by atoms with Crippen molar-refractivity contribution in [2.24, 2.45) is 0 Å². The molecule has 7 heteroatoms. The number of carbonyl (C=O) groups is 1. The van der Waals surface area contributed by atoms with Crippen LogP contribution in [0.25, 0.3) is 0 Å². The molecule has 0 unspecified atom stereocenters. The molecule has 2 rings (SSSR count). The fourth-order valence-corrected chi connectivity index (χ4v) is 2.11. The third-order valence-corrected chi connectivity index (χ3v) is 2.99. The highest BCUT2D eigenvalue weighted by Crippen LogP contribution is 2.15. The monoisotopic (exact) mass is 282 g/mol. The Morgan fingerprint density at radius 2 is 2.33 bits per heavy atom. The molecule has 0 spiro atoms. The number of anilines is 1. The van der Waals surface area contributed by atoms with Gasteiger partial charge in [-0.2, -0.15) is 0 Å². The lowest BCUT2D eigenvalue weighted by Crippen LogP contribution is -2.12. The number of carbonyl (C=O) groups excluding carboxylic acids is 1. The molecule has 0 atom stereocenters. The highest BCUT2D eigenvalue weighted by atomic mass is 35.5. The Hall–Kier alpha value is -1.53. The molecule has 0 aliphatic carbocycles. The van der Waals surface area contributed by atoms with Crippen LogP contribution in [0.2, 0.25) is 5.15 Å². The minimum atomic E-state index is -0.234. The molecule has 0 aliphatic rings. The van der Waals surface area contributed by atoms with E-state index in [0.29, 0.717) is 15.7 Å². The Morgan fingerprint density at radius 1 is 1.50 bits per heavy atom. The molecule has 0 bridgehead atoms. The van der Waals surface area contributed by atoms with Gasteiger partial charge in [-0.05, 0) is 18.6 Å². The molecule has 1 N–H and O–H groups in total. The van der Waals surface area contributed by atoms with Gasteiger partial charge in [0.1, 0.15) is 10.2 Å². The van der Waals surface area contributed by atoms with Crippen molar-refractivity contribution < 1.29 is 4.79 Å². The van der Waals surface area contributed by atoms with Crippen molar-refractivity contribution in [3.05, 3.63) is 34.7 Å². The van der Waals surface area contributed by atoms with E-state index in [2.05, 4.69) is 19.9 Å². The minimum Gasteiger partial charge on any atom is -0.311 e. The van der Waals surface area contributed by atoms with E-state index in [4.69, 9.17) is 11.6 Å². The van der Waals surface area contributed by atoms with Crippen LogP contribution in [0.15, 0.2) is 18.3 Å². The minimum absolute atomic E-state index is 0.234. The third-order valence-electron chi connectivity index (χ3n) is 2.21. The zero-order valence-corrected chi connectivity index (χ0v) is 11.3. The summed E-state index contributed by atoms with van der Waals surface area (Å²) >= 11 is 7.02. The van der Waals surface area contributed by atoms with Crippen LogP contribution in [0.5, 0.6) is 0 Å². The average Bonchev–Trinajstić information content (AvgIpc) is 2.81. The molecular weight excluding hydrogens is 272 g/mol. The second kappa shape index (κ2) is 5.88. The summed E-state index contributed by atoms with van der Waals surface area (Å²) in [5.41, 5.74) is 1.31. The number of hydrogen-bond donors (Lipinski definition) is 1. The highest BCUT2D eigenvalue weighted by Gasteiger charge is 2.10. The van der Waals surface area contributed by atoms with Crippen LogP contribution in [0, 0.1) is 0 Å². The smallest absolute Gasteiger partial charge is 0.256 e. The van der Waals surface area contributed by atoms with Crippen molar-refractivity contribution in [3.63, 3.8) is 0 Å². The topological polar surface area (TPSA) is 67.8 Å². The molecule has 2 heterocycles. The van der Waals surface area contributed by atoms with E-state index in [1.165, 1.54) is 6.20 Å². The van der Waals surface area contributed by atoms with Crippen LogP contribution in [-0.4, -0.2) is 20.5 Å². The number of nitrogens with zero attached hydrogens (tertiary/aromatic N) is 3. The normalized spacial score (nSPS) is 10.3. The number of nitrogens with one attached hydrogen (secondary N) is 1. The van der Waals surface area contributed by atoms with Crippen molar-refractivity contribution in [2.45, 2.75) is 19.8 Å². The van der Waals surface area contributed by atoms with E-state index < -0.39 is 0 Å². The van der Waals surface area contributed by atoms with E-state index in [1.807, 2.05) is 6.92 Å². The Labute approximate surface area is 113 Å². The summed E-state index contributed by atoms with van der Waals surface area (Å²) < 4.78 is 3.67. The second-order valence-electron chi connectivity index (χ2n) is 3.66. The summed E-state index contributed by atoms with van der Waals surface area (Å²) in [6.45, 7) is 2.05. The fourth-order valence-electron chi connectivity index (χ4n) is 1.47. The molecule has 18 heavy (non-hydrogen) atoms. The van der Waals surface area contributed by atoms with E-state index in [1.54, 1.807) is 12.1 Å². The first-order valence-electron chi connectivity index (χ1n) is 5.44. The molecule has 1 amide bonds. The van der Waals surface area contributed by atoms with Gasteiger partial charge in [0.15, 0.2) is 0 Å². The third kappa shape index (κ3) is 3.24. The Bertz CT molecular complexity index is 544. The Morgan fingerprint density at radius 3 is 3.00 bits per heavy atom. The lowest BCUT2D eigenvalue weighted by molar-refractivity contribution is 0.102. The summed E-state index contributed by atoms with van der Waals surface area (Å²) in [4.78, 5) is 16.1. The molecule has 0 fully saturated rings. The molecular formula is C11H11ClN4OS. The Balaban J connectivity index is 2.19. The molecule has 0 saturated heterocycles. The van der Waals surface area contributed by atoms with Crippen molar-refractivity contribution in [2.75, 3.05) is 5.32 Å². The van der Waals surface area contributed by atoms with Gasteiger partial charge in [-0.15, -0.1) is 5.10 Å². The predicted octanol–water partition coefficient (Wildman–Crippen LogP) is 2.79. The number of amides is 1. The molecule has 2 aromatic rings. The summed E-state index contributed by atoms with van der Waals surface area (Å²) in [7, 11) is 0. The lowest BCUT2D eigenvalue weighted by Gasteiger charge is -2.05.